The van der Waals surface area contributed by atoms with E-state index in [1.54, 1.807) is 59.0 Å². The van der Waals surface area contributed by atoms with E-state index in [9.17, 15) is 19.2 Å². The van der Waals surface area contributed by atoms with Crippen LogP contribution in [0.15, 0.2) is 65.5 Å². The lowest BCUT2D eigenvalue weighted by atomic mass is 9.83. The average molecular weight is 515 g/mol. The Bertz CT molecular complexity index is 1430. The van der Waals surface area contributed by atoms with Gasteiger partial charge in [-0.15, -0.1) is 0 Å². The summed E-state index contributed by atoms with van der Waals surface area (Å²) >= 11 is 0. The Balaban J connectivity index is 1.25. The van der Waals surface area contributed by atoms with Crippen LogP contribution in [0.2, 0.25) is 0 Å². The summed E-state index contributed by atoms with van der Waals surface area (Å²) in [5.74, 6) is 0.593. The fourth-order valence-electron chi connectivity index (χ4n) is 5.32. The fourth-order valence-corrected chi connectivity index (χ4v) is 5.32. The first kappa shape index (κ1) is 25.3. The first-order chi connectivity index (χ1) is 18.3. The van der Waals surface area contributed by atoms with E-state index < -0.39 is 0 Å². The molecule has 9 nitrogen and oxygen atoms in total. The number of nitrogens with zero attached hydrogens (tertiary/aromatic N) is 2. The number of carbonyl (C=O) groups is 3. The van der Waals surface area contributed by atoms with E-state index in [1.807, 2.05) is 18.2 Å². The zero-order chi connectivity index (χ0) is 26.8. The lowest BCUT2D eigenvalue weighted by molar-refractivity contribution is -0.115. The van der Waals surface area contributed by atoms with Crippen LogP contribution in [-0.4, -0.2) is 47.4 Å². The van der Waals surface area contributed by atoms with E-state index >= 15 is 0 Å². The van der Waals surface area contributed by atoms with Crippen LogP contribution in [0.25, 0.3) is 0 Å². The number of fused-ring (bicyclic) bond motifs is 4. The molecule has 1 fully saturated rings. The third-order valence-electron chi connectivity index (χ3n) is 7.23. The Morgan fingerprint density at radius 2 is 1.66 bits per heavy atom. The molecule has 0 saturated carbocycles. The summed E-state index contributed by atoms with van der Waals surface area (Å²) in [5.41, 5.74) is 2.96. The highest BCUT2D eigenvalue weighted by atomic mass is 16.5. The number of nitrogens with one attached hydrogen (secondary N) is 2. The number of hydrogen-bond donors (Lipinski definition) is 2. The van der Waals surface area contributed by atoms with Gasteiger partial charge in [-0.3, -0.25) is 14.4 Å². The van der Waals surface area contributed by atoms with Gasteiger partial charge >= 0.3 is 6.03 Å². The maximum absolute atomic E-state index is 13.3. The van der Waals surface area contributed by atoms with Crippen LogP contribution >= 0.6 is 0 Å². The molecule has 2 aliphatic rings. The molecule has 1 aromatic heterocycles. The molecule has 2 N–H and O–H groups in total. The van der Waals surface area contributed by atoms with Crippen molar-refractivity contribution in [2.45, 2.75) is 32.2 Å². The van der Waals surface area contributed by atoms with Crippen LogP contribution in [0.5, 0.6) is 5.75 Å². The molecule has 2 atom stereocenters. The number of benzene rings is 2. The standard InChI is InChI=1S/C29H30N4O5/c1-18(34)21-5-7-23(8-6-21)30-29(37)32-15-20-13-22(17-32)26-12-11-25(28(36)33(26)16-20)31-27(35)14-19-3-9-24(38-2)10-4-19/h3-12,20,22H,13-17H2,1-2H3,(H,30,37)(H,31,35)/t20-,22-/m1/s1. The van der Waals surface area contributed by atoms with E-state index in [0.29, 0.717) is 36.6 Å². The molecular weight excluding hydrogens is 484 g/mol. The SMILES string of the molecule is COc1ccc(CC(=O)Nc2ccc3n(c2=O)C[C@@H]2C[C@@H]3CN(C(=O)Nc3ccc(C(C)=O)cc3)C2)cc1. The molecular formula is C29H30N4O5. The zero-order valence-electron chi connectivity index (χ0n) is 21.4. The van der Waals surface area contributed by atoms with Gasteiger partial charge in [0.15, 0.2) is 5.78 Å². The number of hydrogen-bond acceptors (Lipinski definition) is 5. The van der Waals surface area contributed by atoms with Crippen molar-refractivity contribution in [3.63, 3.8) is 0 Å². The van der Waals surface area contributed by atoms with Crippen molar-refractivity contribution in [2.24, 2.45) is 5.92 Å². The summed E-state index contributed by atoms with van der Waals surface area (Å²) < 4.78 is 6.89. The van der Waals surface area contributed by atoms with Crippen molar-refractivity contribution >= 4 is 29.1 Å². The van der Waals surface area contributed by atoms with Crippen molar-refractivity contribution in [1.82, 2.24) is 9.47 Å². The highest BCUT2D eigenvalue weighted by molar-refractivity contribution is 5.95. The molecule has 0 spiro atoms. The zero-order valence-corrected chi connectivity index (χ0v) is 21.4. The van der Waals surface area contributed by atoms with E-state index in [-0.39, 0.29) is 47.2 Å². The normalized spacial score (nSPS) is 17.8. The van der Waals surface area contributed by atoms with Crippen molar-refractivity contribution in [3.05, 3.63) is 87.8 Å². The Labute approximate surface area is 220 Å². The molecule has 2 aromatic carbocycles. The first-order valence-corrected chi connectivity index (χ1v) is 12.6. The van der Waals surface area contributed by atoms with E-state index in [1.165, 1.54) is 6.92 Å². The number of Topliss-reactive ketones (excluding diaryl/α,β-unsaturated/α-hetero) is 1. The molecule has 3 aromatic rings. The van der Waals surface area contributed by atoms with Crippen LogP contribution in [0.1, 0.15) is 40.9 Å². The minimum Gasteiger partial charge on any atom is -0.497 e. The number of pyridine rings is 1. The molecule has 196 valence electrons. The Kier molecular flexibility index (Phi) is 7.00. The van der Waals surface area contributed by atoms with Crippen LogP contribution in [0.4, 0.5) is 16.2 Å². The fraction of sp³-hybridized carbons (Fsp3) is 0.310. The second-order valence-corrected chi connectivity index (χ2v) is 9.93. The maximum Gasteiger partial charge on any atom is 0.321 e. The molecule has 1 saturated heterocycles. The molecule has 3 amide bonds. The quantitative estimate of drug-likeness (QED) is 0.485. The summed E-state index contributed by atoms with van der Waals surface area (Å²) in [7, 11) is 1.59. The number of aromatic nitrogens is 1. The molecule has 0 unspecified atom stereocenters. The van der Waals surface area contributed by atoms with E-state index in [2.05, 4.69) is 10.6 Å². The topological polar surface area (TPSA) is 110 Å². The summed E-state index contributed by atoms with van der Waals surface area (Å²) in [6, 6.07) is 17.4. The van der Waals surface area contributed by atoms with Gasteiger partial charge in [0.05, 0.1) is 13.5 Å². The third-order valence-corrected chi connectivity index (χ3v) is 7.23. The van der Waals surface area contributed by atoms with Gasteiger partial charge in [-0.1, -0.05) is 12.1 Å². The lowest BCUT2D eigenvalue weighted by Crippen LogP contribution is -2.50. The minimum atomic E-state index is -0.261. The van der Waals surface area contributed by atoms with Gasteiger partial charge in [0.2, 0.25) is 5.91 Å². The lowest BCUT2D eigenvalue weighted by Gasteiger charge is -2.42. The Morgan fingerprint density at radius 1 is 0.921 bits per heavy atom. The van der Waals surface area contributed by atoms with Gasteiger partial charge in [0.25, 0.3) is 5.56 Å². The monoisotopic (exact) mass is 514 g/mol. The van der Waals surface area contributed by atoms with Gasteiger partial charge in [-0.2, -0.15) is 0 Å². The number of rotatable bonds is 6. The summed E-state index contributed by atoms with van der Waals surface area (Å²) in [5, 5.41) is 5.68. The van der Waals surface area contributed by atoms with Gasteiger partial charge in [0.1, 0.15) is 11.4 Å². The van der Waals surface area contributed by atoms with Crippen LogP contribution in [0.3, 0.4) is 0 Å². The number of methoxy groups -OCH3 is 1. The van der Waals surface area contributed by atoms with Crippen molar-refractivity contribution in [3.8, 4) is 5.75 Å². The molecule has 3 heterocycles. The second-order valence-electron chi connectivity index (χ2n) is 9.93. The molecule has 0 radical (unpaired) electrons. The third kappa shape index (κ3) is 5.32. The predicted molar refractivity (Wildman–Crippen MR) is 144 cm³/mol. The number of likely N-dealkylation sites (tertiary alicyclic amines) is 1. The molecule has 0 aliphatic carbocycles. The molecule has 38 heavy (non-hydrogen) atoms. The van der Waals surface area contributed by atoms with Crippen LogP contribution in [-0.2, 0) is 17.8 Å². The molecule has 2 bridgehead atoms. The van der Waals surface area contributed by atoms with Gasteiger partial charge in [-0.05, 0) is 73.4 Å². The average Bonchev–Trinajstić information content (AvgIpc) is 2.91. The second kappa shape index (κ2) is 10.5. The van der Waals surface area contributed by atoms with E-state index in [0.717, 1.165) is 17.7 Å². The van der Waals surface area contributed by atoms with Gasteiger partial charge in [-0.25, -0.2) is 4.79 Å². The number of piperidine rings is 1. The van der Waals surface area contributed by atoms with Gasteiger partial charge < -0.3 is 24.8 Å². The number of anilines is 2. The number of ketones is 1. The first-order valence-electron chi connectivity index (χ1n) is 12.6. The van der Waals surface area contributed by atoms with Crippen LogP contribution in [0, 0.1) is 5.92 Å². The Hall–Kier alpha value is -4.40. The molecule has 2 aliphatic heterocycles. The largest absolute Gasteiger partial charge is 0.497 e. The van der Waals surface area contributed by atoms with E-state index in [4.69, 9.17) is 4.74 Å². The number of urea groups is 1. The number of carbonyl (C=O) groups excluding carboxylic acids is 3. The van der Waals surface area contributed by atoms with Crippen molar-refractivity contribution in [1.29, 1.82) is 0 Å². The number of amides is 3. The Morgan fingerprint density at radius 3 is 2.34 bits per heavy atom. The van der Waals surface area contributed by atoms with Gasteiger partial charge in [0, 0.05) is 42.5 Å². The number of ether oxygens (including phenoxy) is 1. The predicted octanol–water partition coefficient (Wildman–Crippen LogP) is 3.89. The molecule has 5 rings (SSSR count). The highest BCUT2D eigenvalue weighted by Gasteiger charge is 2.36. The highest BCUT2D eigenvalue weighted by Crippen LogP contribution is 2.35. The van der Waals surface area contributed by atoms with Crippen molar-refractivity contribution < 1.29 is 19.1 Å². The smallest absolute Gasteiger partial charge is 0.321 e. The summed E-state index contributed by atoms with van der Waals surface area (Å²) in [4.78, 5) is 52.1. The summed E-state index contributed by atoms with van der Waals surface area (Å²) in [6.07, 6.45) is 1.05. The summed E-state index contributed by atoms with van der Waals surface area (Å²) in [6.45, 7) is 3.02. The van der Waals surface area contributed by atoms with Crippen molar-refractivity contribution in [2.75, 3.05) is 30.8 Å². The minimum absolute atomic E-state index is 0.0272. The maximum atomic E-state index is 13.3. The van der Waals surface area contributed by atoms with Crippen LogP contribution < -0.4 is 20.9 Å². The molecule has 9 heteroatoms.